The van der Waals surface area contributed by atoms with Crippen LogP contribution in [-0.2, 0) is 14.3 Å². The van der Waals surface area contributed by atoms with E-state index in [1.54, 1.807) is 24.5 Å². The molecule has 3 aromatic rings. The van der Waals surface area contributed by atoms with Crippen molar-refractivity contribution in [1.82, 2.24) is 4.98 Å². The summed E-state index contributed by atoms with van der Waals surface area (Å²) in [4.78, 5) is 29.3. The van der Waals surface area contributed by atoms with Crippen LogP contribution >= 0.6 is 11.6 Å². The van der Waals surface area contributed by atoms with E-state index in [1.807, 2.05) is 0 Å². The first-order valence-electron chi connectivity index (χ1n) is 12.2. The van der Waals surface area contributed by atoms with Crippen LogP contribution in [0, 0.1) is 5.82 Å². The van der Waals surface area contributed by atoms with Crippen molar-refractivity contribution < 1.29 is 46.5 Å². The number of esters is 1. The average Bonchev–Trinajstić information content (AvgIpc) is 2.94. The Kier molecular flexibility index (Phi) is 11.7. The van der Waals surface area contributed by atoms with Crippen molar-refractivity contribution in [3.8, 4) is 5.75 Å². The Labute approximate surface area is 237 Å². The first kappa shape index (κ1) is 31.6. The Morgan fingerprint density at radius 1 is 1.05 bits per heavy atom. The van der Waals surface area contributed by atoms with E-state index in [2.05, 4.69) is 15.0 Å². The van der Waals surface area contributed by atoms with Crippen LogP contribution in [0.5, 0.6) is 5.75 Å². The van der Waals surface area contributed by atoms with Crippen molar-refractivity contribution in [2.24, 2.45) is 0 Å². The molecular weight excluding hydrogens is 574 g/mol. The highest BCUT2D eigenvalue weighted by molar-refractivity contribution is 6.31. The maximum Gasteiger partial charge on any atom is 0.490 e. The van der Waals surface area contributed by atoms with Gasteiger partial charge in [0.2, 0.25) is 0 Å². The molecule has 3 rings (SSSR count). The van der Waals surface area contributed by atoms with Gasteiger partial charge in [-0.25, -0.2) is 9.18 Å². The fraction of sp³-hybridized carbons (Fsp3) is 0.296. The highest BCUT2D eigenvalue weighted by atomic mass is 35.5. The fourth-order valence-electron chi connectivity index (χ4n) is 3.44. The van der Waals surface area contributed by atoms with E-state index in [1.165, 1.54) is 36.4 Å². The van der Waals surface area contributed by atoms with Crippen molar-refractivity contribution in [1.29, 1.82) is 0 Å². The molecule has 1 atom stereocenters. The molecule has 0 radical (unpaired) electrons. The van der Waals surface area contributed by atoms with Crippen molar-refractivity contribution in [2.45, 2.75) is 12.3 Å². The number of benzene rings is 2. The molecule has 41 heavy (non-hydrogen) atoms. The number of para-hydroxylation sites is 1. The molecule has 0 saturated carbocycles. The summed E-state index contributed by atoms with van der Waals surface area (Å²) in [5, 5.41) is 13.1. The van der Waals surface area contributed by atoms with E-state index in [4.69, 9.17) is 21.1 Å². The number of halogens is 5. The minimum absolute atomic E-state index is 0.0650. The molecule has 0 aliphatic rings. The fourth-order valence-corrected chi connectivity index (χ4v) is 3.66. The first-order valence-corrected chi connectivity index (χ1v) is 12.6. The number of carbonyl (C=O) groups excluding carboxylic acids is 2. The molecule has 0 fully saturated rings. The Morgan fingerprint density at radius 3 is 2.49 bits per heavy atom. The molecule has 0 saturated heterocycles. The van der Waals surface area contributed by atoms with Gasteiger partial charge >= 0.3 is 12.1 Å². The lowest BCUT2D eigenvalue weighted by Crippen LogP contribution is -2.36. The first-order chi connectivity index (χ1) is 19.5. The van der Waals surface area contributed by atoms with Gasteiger partial charge in [-0.2, -0.15) is 13.2 Å². The van der Waals surface area contributed by atoms with E-state index >= 15 is 0 Å². The number of aliphatic hydroxyl groups excluding tert-OH is 1. The van der Waals surface area contributed by atoms with E-state index in [9.17, 15) is 32.3 Å². The summed E-state index contributed by atoms with van der Waals surface area (Å²) >= 11 is 6.22. The van der Waals surface area contributed by atoms with E-state index in [0.29, 0.717) is 12.3 Å². The van der Waals surface area contributed by atoms with Gasteiger partial charge in [-0.15, -0.1) is 0 Å². The highest BCUT2D eigenvalue weighted by Gasteiger charge is 2.41. The van der Waals surface area contributed by atoms with Gasteiger partial charge < -0.3 is 29.5 Å². The number of nitrogens with one attached hydrogen (secondary N) is 1. The maximum absolute atomic E-state index is 14.7. The number of alkyl halides is 3. The van der Waals surface area contributed by atoms with Crippen molar-refractivity contribution in [3.05, 3.63) is 83.4 Å². The van der Waals surface area contributed by atoms with Gasteiger partial charge in [-0.05, 0) is 42.5 Å². The standard InChI is InChI=1S/C27H26ClF4N3O6/c28-19-13-18(14-22(15-19)40-11-9-34-20-5-7-33-8-6-20)25(37)35(24-4-2-1-3-23(24)29)10-12-39-16-21(36)17-41-26(38)27(30,31)32/h1-8,13-15,21,36H,9-12,16-17H2,(H,33,34). The number of nitrogens with zero attached hydrogens (tertiary/aromatic N) is 2. The number of amides is 1. The number of ether oxygens (including phenoxy) is 3. The molecule has 14 heteroatoms. The van der Waals surface area contributed by atoms with Crippen molar-refractivity contribution >= 4 is 34.9 Å². The molecule has 1 aromatic heterocycles. The molecule has 0 aliphatic carbocycles. The van der Waals surface area contributed by atoms with Gasteiger partial charge in [0.15, 0.2) is 0 Å². The van der Waals surface area contributed by atoms with Gasteiger partial charge in [0.25, 0.3) is 5.91 Å². The van der Waals surface area contributed by atoms with Crippen LogP contribution < -0.4 is 15.0 Å². The summed E-state index contributed by atoms with van der Waals surface area (Å²) in [5.41, 5.74) is 0.879. The minimum Gasteiger partial charge on any atom is -0.492 e. The van der Waals surface area contributed by atoms with E-state index in [-0.39, 0.29) is 36.0 Å². The summed E-state index contributed by atoms with van der Waals surface area (Å²) in [6.07, 6.45) is -3.47. The van der Waals surface area contributed by atoms with Gasteiger partial charge in [-0.3, -0.25) is 9.78 Å². The molecule has 0 spiro atoms. The predicted molar refractivity (Wildman–Crippen MR) is 142 cm³/mol. The van der Waals surface area contributed by atoms with Crippen LogP contribution in [0.4, 0.5) is 28.9 Å². The van der Waals surface area contributed by atoms with Crippen LogP contribution in [0.25, 0.3) is 0 Å². The van der Waals surface area contributed by atoms with Crippen LogP contribution in [0.1, 0.15) is 10.4 Å². The molecule has 2 N–H and O–H groups in total. The lowest BCUT2D eigenvalue weighted by molar-refractivity contribution is -0.202. The van der Waals surface area contributed by atoms with E-state index < -0.39 is 43.2 Å². The SMILES string of the molecule is O=C(c1cc(Cl)cc(OCCNc2ccncc2)c1)N(CCOCC(O)COC(=O)C(F)(F)F)c1ccccc1F. The molecule has 9 nitrogen and oxygen atoms in total. The van der Waals surface area contributed by atoms with Crippen molar-refractivity contribution in [2.75, 3.05) is 49.7 Å². The van der Waals surface area contributed by atoms with Gasteiger partial charge in [0.05, 0.1) is 18.9 Å². The molecule has 1 heterocycles. The molecule has 1 amide bonds. The van der Waals surface area contributed by atoms with Gasteiger partial charge in [0.1, 0.15) is 30.9 Å². The second-order valence-electron chi connectivity index (χ2n) is 8.42. The molecule has 1 unspecified atom stereocenters. The Morgan fingerprint density at radius 2 is 1.78 bits per heavy atom. The zero-order valence-corrected chi connectivity index (χ0v) is 22.2. The monoisotopic (exact) mass is 599 g/mol. The maximum atomic E-state index is 14.7. The second-order valence-corrected chi connectivity index (χ2v) is 8.86. The summed E-state index contributed by atoms with van der Waals surface area (Å²) in [5.74, 6) is -3.47. The second kappa shape index (κ2) is 15.2. The topological polar surface area (TPSA) is 110 Å². The Hall–Kier alpha value is -3.94. The highest BCUT2D eigenvalue weighted by Crippen LogP contribution is 2.26. The Balaban J connectivity index is 1.62. The normalized spacial score (nSPS) is 12.0. The quantitative estimate of drug-likeness (QED) is 0.158. The summed E-state index contributed by atoms with van der Waals surface area (Å²) in [6, 6.07) is 13.5. The third-order valence-electron chi connectivity index (χ3n) is 5.29. The smallest absolute Gasteiger partial charge is 0.490 e. The van der Waals surface area contributed by atoms with Crippen LogP contribution in [0.2, 0.25) is 5.02 Å². The number of hydrogen-bond donors (Lipinski definition) is 2. The van der Waals surface area contributed by atoms with Crippen LogP contribution in [0.3, 0.4) is 0 Å². The predicted octanol–water partition coefficient (Wildman–Crippen LogP) is 4.49. The molecule has 220 valence electrons. The molecule has 2 aromatic carbocycles. The zero-order chi connectivity index (χ0) is 29.8. The number of hydrogen-bond acceptors (Lipinski definition) is 8. The van der Waals surface area contributed by atoms with Crippen LogP contribution in [0.15, 0.2) is 67.0 Å². The lowest BCUT2D eigenvalue weighted by atomic mass is 10.1. The van der Waals surface area contributed by atoms with E-state index in [0.717, 1.165) is 16.7 Å². The largest absolute Gasteiger partial charge is 0.492 e. The zero-order valence-electron chi connectivity index (χ0n) is 21.4. The summed E-state index contributed by atoms with van der Waals surface area (Å²) < 4.78 is 66.2. The van der Waals surface area contributed by atoms with Crippen LogP contribution in [-0.4, -0.2) is 73.8 Å². The third kappa shape index (κ3) is 10.2. The van der Waals surface area contributed by atoms with Gasteiger partial charge in [0, 0.05) is 41.8 Å². The minimum atomic E-state index is -5.19. The molecular formula is C27H26ClF4N3O6. The molecule has 0 aliphatic heterocycles. The summed E-state index contributed by atoms with van der Waals surface area (Å²) in [6.45, 7) is -1.21. The van der Waals surface area contributed by atoms with Gasteiger partial charge in [-0.1, -0.05) is 23.7 Å². The Bertz CT molecular complexity index is 1300. The average molecular weight is 600 g/mol. The number of anilines is 2. The lowest BCUT2D eigenvalue weighted by Gasteiger charge is -2.24. The number of aliphatic hydroxyl groups is 1. The van der Waals surface area contributed by atoms with Crippen molar-refractivity contribution in [3.63, 3.8) is 0 Å². The number of pyridine rings is 1. The summed E-state index contributed by atoms with van der Waals surface area (Å²) in [7, 11) is 0. The number of aromatic nitrogens is 1. The number of carbonyl (C=O) groups is 2. The third-order valence-corrected chi connectivity index (χ3v) is 5.51. The molecule has 0 bridgehead atoms. The number of rotatable bonds is 14.